The number of esters is 1. The van der Waals surface area contributed by atoms with Crippen molar-refractivity contribution in [1.29, 1.82) is 0 Å². The van der Waals surface area contributed by atoms with E-state index in [9.17, 15) is 22.8 Å². The molecule has 2 aromatic rings. The monoisotopic (exact) mass is 380 g/mol. The van der Waals surface area contributed by atoms with Gasteiger partial charge in [-0.2, -0.15) is 13.2 Å². The zero-order valence-corrected chi connectivity index (χ0v) is 14.9. The Morgan fingerprint density at radius 3 is 2.33 bits per heavy atom. The van der Waals surface area contributed by atoms with Crippen LogP contribution in [0.3, 0.4) is 0 Å². The molecule has 1 heterocycles. The third kappa shape index (κ3) is 5.54. The van der Waals surface area contributed by atoms with Crippen molar-refractivity contribution in [3.8, 4) is 0 Å². The van der Waals surface area contributed by atoms with Crippen molar-refractivity contribution >= 4 is 11.9 Å². The molecule has 144 valence electrons. The van der Waals surface area contributed by atoms with Gasteiger partial charge in [0.15, 0.2) is 0 Å². The first-order valence-corrected chi connectivity index (χ1v) is 8.31. The number of amides is 1. The summed E-state index contributed by atoms with van der Waals surface area (Å²) in [7, 11) is 0. The van der Waals surface area contributed by atoms with Gasteiger partial charge in [0.05, 0.1) is 23.4 Å². The number of hydrogen-bond donors (Lipinski definition) is 1. The van der Waals surface area contributed by atoms with Gasteiger partial charge in [0.1, 0.15) is 5.69 Å². The second-order valence-electron chi connectivity index (χ2n) is 5.75. The van der Waals surface area contributed by atoms with E-state index in [0.29, 0.717) is 17.7 Å². The number of nitrogens with zero attached hydrogens (tertiary/aromatic N) is 1. The van der Waals surface area contributed by atoms with Gasteiger partial charge in [0.2, 0.25) is 0 Å². The highest BCUT2D eigenvalue weighted by Gasteiger charge is 2.29. The molecule has 0 aliphatic carbocycles. The number of carbonyl (C=O) groups is 2. The van der Waals surface area contributed by atoms with Crippen LogP contribution in [0.4, 0.5) is 13.2 Å². The van der Waals surface area contributed by atoms with Crippen molar-refractivity contribution in [3.63, 3.8) is 0 Å². The van der Waals surface area contributed by atoms with Gasteiger partial charge < -0.3 is 10.1 Å². The summed E-state index contributed by atoms with van der Waals surface area (Å²) >= 11 is 0. The lowest BCUT2D eigenvalue weighted by atomic mass is 10.1. The maximum atomic E-state index is 12.5. The molecular formula is C19H19F3N2O3. The Morgan fingerprint density at radius 1 is 1.11 bits per heavy atom. The molecule has 0 radical (unpaired) electrons. The van der Waals surface area contributed by atoms with E-state index in [1.54, 1.807) is 13.8 Å². The molecule has 0 saturated carbocycles. The van der Waals surface area contributed by atoms with Crippen LogP contribution in [-0.2, 0) is 17.3 Å². The van der Waals surface area contributed by atoms with E-state index in [-0.39, 0.29) is 24.4 Å². The average Bonchev–Trinajstić information content (AvgIpc) is 2.61. The number of aromatic nitrogens is 1. The molecule has 0 unspecified atom stereocenters. The second-order valence-corrected chi connectivity index (χ2v) is 5.75. The van der Waals surface area contributed by atoms with Crippen LogP contribution in [0, 0.1) is 6.92 Å². The molecule has 1 aromatic carbocycles. The second kappa shape index (κ2) is 8.66. The molecule has 8 heteroatoms. The number of alkyl halides is 3. The molecule has 5 nitrogen and oxygen atoms in total. The predicted molar refractivity (Wildman–Crippen MR) is 92.4 cm³/mol. The smallest absolute Gasteiger partial charge is 0.416 e. The van der Waals surface area contributed by atoms with E-state index in [1.165, 1.54) is 24.3 Å². The number of carbonyl (C=O) groups excluding carboxylic acids is 2. The Balaban J connectivity index is 1.92. The Bertz CT molecular complexity index is 818. The number of ether oxygens (including phenoxy) is 1. The van der Waals surface area contributed by atoms with Crippen molar-refractivity contribution in [1.82, 2.24) is 10.3 Å². The first-order valence-electron chi connectivity index (χ1n) is 8.31. The van der Waals surface area contributed by atoms with Crippen LogP contribution >= 0.6 is 0 Å². The third-order valence-electron chi connectivity index (χ3n) is 3.79. The number of pyridine rings is 1. The van der Waals surface area contributed by atoms with Crippen molar-refractivity contribution in [2.75, 3.05) is 13.2 Å². The van der Waals surface area contributed by atoms with Crippen LogP contribution in [0.15, 0.2) is 36.4 Å². The lowest BCUT2D eigenvalue weighted by Gasteiger charge is -2.09. The summed E-state index contributed by atoms with van der Waals surface area (Å²) in [6, 6.07) is 7.68. The summed E-state index contributed by atoms with van der Waals surface area (Å²) in [4.78, 5) is 28.0. The van der Waals surface area contributed by atoms with E-state index in [1.807, 2.05) is 0 Å². The maximum absolute atomic E-state index is 12.5. The van der Waals surface area contributed by atoms with Gasteiger partial charge >= 0.3 is 12.1 Å². The highest BCUT2D eigenvalue weighted by atomic mass is 19.4. The fraction of sp³-hybridized carbons (Fsp3) is 0.316. The Kier molecular flexibility index (Phi) is 6.55. The van der Waals surface area contributed by atoms with Gasteiger partial charge in [-0.25, -0.2) is 9.78 Å². The topological polar surface area (TPSA) is 68.3 Å². The van der Waals surface area contributed by atoms with Gasteiger partial charge in [0, 0.05) is 6.54 Å². The summed E-state index contributed by atoms with van der Waals surface area (Å²) in [6.07, 6.45) is -3.99. The quantitative estimate of drug-likeness (QED) is 0.778. The van der Waals surface area contributed by atoms with Crippen LogP contribution < -0.4 is 5.32 Å². The largest absolute Gasteiger partial charge is 0.462 e. The van der Waals surface area contributed by atoms with E-state index in [4.69, 9.17) is 4.74 Å². The highest BCUT2D eigenvalue weighted by molar-refractivity contribution is 5.95. The number of rotatable bonds is 6. The lowest BCUT2D eigenvalue weighted by molar-refractivity contribution is -0.137. The molecule has 0 fully saturated rings. The molecule has 1 amide bonds. The van der Waals surface area contributed by atoms with E-state index < -0.39 is 23.6 Å². The summed E-state index contributed by atoms with van der Waals surface area (Å²) in [5.74, 6) is -0.933. The number of halogens is 3. The Labute approximate surface area is 154 Å². The average molecular weight is 380 g/mol. The van der Waals surface area contributed by atoms with E-state index >= 15 is 0 Å². The van der Waals surface area contributed by atoms with Gasteiger partial charge in [0.25, 0.3) is 5.91 Å². The molecule has 0 atom stereocenters. The molecule has 0 aliphatic rings. The molecule has 1 N–H and O–H groups in total. The fourth-order valence-corrected chi connectivity index (χ4v) is 2.38. The van der Waals surface area contributed by atoms with Gasteiger partial charge in [-0.3, -0.25) is 4.79 Å². The highest BCUT2D eigenvalue weighted by Crippen LogP contribution is 2.29. The van der Waals surface area contributed by atoms with Crippen LogP contribution in [-0.4, -0.2) is 30.0 Å². The zero-order valence-electron chi connectivity index (χ0n) is 14.9. The fourth-order valence-electron chi connectivity index (χ4n) is 2.38. The van der Waals surface area contributed by atoms with Crippen LogP contribution in [0.1, 0.15) is 44.6 Å². The summed E-state index contributed by atoms with van der Waals surface area (Å²) in [5.41, 5.74) is 0.775. The van der Waals surface area contributed by atoms with Gasteiger partial charge in [-0.1, -0.05) is 12.1 Å². The van der Waals surface area contributed by atoms with E-state index in [2.05, 4.69) is 10.3 Å². The number of nitrogens with one attached hydrogen (secondary N) is 1. The third-order valence-corrected chi connectivity index (χ3v) is 3.79. The number of aryl methyl sites for hydroxylation is 1. The SMILES string of the molecule is CCOC(=O)c1ccc(C(=O)NCCc2ccc(C(F)(F)F)cc2)nc1C. The summed E-state index contributed by atoms with van der Waals surface area (Å²) in [5, 5.41) is 2.65. The van der Waals surface area contributed by atoms with Gasteiger partial charge in [-0.05, 0) is 50.1 Å². The molecule has 1 aromatic heterocycles. The molecular weight excluding hydrogens is 361 g/mol. The minimum Gasteiger partial charge on any atom is -0.462 e. The minimum atomic E-state index is -4.37. The summed E-state index contributed by atoms with van der Waals surface area (Å²) < 4.78 is 42.5. The Morgan fingerprint density at radius 2 is 1.78 bits per heavy atom. The van der Waals surface area contributed by atoms with Crippen LogP contribution in [0.5, 0.6) is 0 Å². The minimum absolute atomic E-state index is 0.146. The van der Waals surface area contributed by atoms with Crippen molar-refractivity contribution < 1.29 is 27.5 Å². The van der Waals surface area contributed by atoms with Crippen molar-refractivity contribution in [3.05, 3.63) is 64.5 Å². The first-order chi connectivity index (χ1) is 12.7. The maximum Gasteiger partial charge on any atom is 0.416 e. The Hall–Kier alpha value is -2.90. The first kappa shape index (κ1) is 20.4. The summed E-state index contributed by atoms with van der Waals surface area (Å²) in [6.45, 7) is 3.78. The predicted octanol–water partition coefficient (Wildman–Crippen LogP) is 3.56. The van der Waals surface area contributed by atoms with Gasteiger partial charge in [-0.15, -0.1) is 0 Å². The van der Waals surface area contributed by atoms with E-state index in [0.717, 1.165) is 12.1 Å². The molecule has 27 heavy (non-hydrogen) atoms. The molecule has 0 aliphatic heterocycles. The molecule has 2 rings (SSSR count). The lowest BCUT2D eigenvalue weighted by Crippen LogP contribution is -2.27. The zero-order chi connectivity index (χ0) is 20.0. The van der Waals surface area contributed by atoms with Crippen molar-refractivity contribution in [2.45, 2.75) is 26.4 Å². The van der Waals surface area contributed by atoms with Crippen LogP contribution in [0.25, 0.3) is 0 Å². The molecule has 0 saturated heterocycles. The molecule has 0 bridgehead atoms. The number of hydrogen-bond acceptors (Lipinski definition) is 4. The normalized spacial score (nSPS) is 11.1. The number of benzene rings is 1. The molecule has 0 spiro atoms. The van der Waals surface area contributed by atoms with Crippen molar-refractivity contribution in [2.24, 2.45) is 0 Å². The standard InChI is InChI=1S/C19H19F3N2O3/c1-3-27-18(26)15-8-9-16(24-12(15)2)17(25)23-11-10-13-4-6-14(7-5-13)19(20,21)22/h4-9H,3,10-11H2,1-2H3,(H,23,25). The van der Waals surface area contributed by atoms with Crippen LogP contribution in [0.2, 0.25) is 0 Å².